The third-order valence-corrected chi connectivity index (χ3v) is 6.21. The summed E-state index contributed by atoms with van der Waals surface area (Å²) in [5, 5.41) is 5.81. The summed E-state index contributed by atoms with van der Waals surface area (Å²) < 4.78 is 0. The van der Waals surface area contributed by atoms with Crippen molar-refractivity contribution in [1.29, 1.82) is 0 Å². The first-order chi connectivity index (χ1) is 15.1. The highest BCUT2D eigenvalue weighted by Crippen LogP contribution is 2.27. The van der Waals surface area contributed by atoms with Crippen molar-refractivity contribution in [3.05, 3.63) is 65.2 Å². The summed E-state index contributed by atoms with van der Waals surface area (Å²) in [6.45, 7) is 1.91. The molecule has 6 heteroatoms. The monoisotopic (exact) mass is 419 g/mol. The van der Waals surface area contributed by atoms with E-state index in [4.69, 9.17) is 0 Å². The second-order valence-electron chi connectivity index (χ2n) is 8.37. The van der Waals surface area contributed by atoms with Crippen molar-refractivity contribution in [1.82, 2.24) is 10.2 Å². The van der Waals surface area contributed by atoms with Crippen LogP contribution in [0.5, 0.6) is 0 Å². The Balaban J connectivity index is 1.14. The van der Waals surface area contributed by atoms with Crippen LogP contribution in [0.15, 0.2) is 48.5 Å². The molecular formula is C25H29N3O3. The van der Waals surface area contributed by atoms with Crippen LogP contribution in [0.1, 0.15) is 42.4 Å². The van der Waals surface area contributed by atoms with E-state index in [1.165, 1.54) is 11.1 Å². The molecule has 1 unspecified atom stereocenters. The Morgan fingerprint density at radius 2 is 1.74 bits per heavy atom. The predicted molar refractivity (Wildman–Crippen MR) is 119 cm³/mol. The SMILES string of the molecule is O=C(CCC1Cc2ccccc2NC1=O)NCCCC(=O)N1CCc2ccccc2C1. The molecule has 0 bridgehead atoms. The molecule has 0 aliphatic carbocycles. The maximum Gasteiger partial charge on any atom is 0.227 e. The minimum Gasteiger partial charge on any atom is -0.356 e. The first-order valence-corrected chi connectivity index (χ1v) is 11.1. The van der Waals surface area contributed by atoms with Crippen molar-refractivity contribution in [3.63, 3.8) is 0 Å². The summed E-state index contributed by atoms with van der Waals surface area (Å²) in [6, 6.07) is 16.0. The minimum absolute atomic E-state index is 0.0137. The normalized spacial score (nSPS) is 17.4. The van der Waals surface area contributed by atoms with Gasteiger partial charge < -0.3 is 15.5 Å². The summed E-state index contributed by atoms with van der Waals surface area (Å²) in [7, 11) is 0. The van der Waals surface area contributed by atoms with Gasteiger partial charge in [-0.3, -0.25) is 14.4 Å². The molecule has 0 aromatic heterocycles. The van der Waals surface area contributed by atoms with Gasteiger partial charge >= 0.3 is 0 Å². The Bertz CT molecular complexity index is 972. The molecule has 0 radical (unpaired) electrons. The fourth-order valence-electron chi connectivity index (χ4n) is 4.37. The molecule has 2 aliphatic rings. The Morgan fingerprint density at radius 3 is 2.58 bits per heavy atom. The van der Waals surface area contributed by atoms with E-state index in [0.29, 0.717) is 45.2 Å². The van der Waals surface area contributed by atoms with E-state index in [-0.39, 0.29) is 23.6 Å². The van der Waals surface area contributed by atoms with Crippen molar-refractivity contribution < 1.29 is 14.4 Å². The fourth-order valence-corrected chi connectivity index (χ4v) is 4.37. The summed E-state index contributed by atoms with van der Waals surface area (Å²) in [5.74, 6) is -0.114. The van der Waals surface area contributed by atoms with Gasteiger partial charge in [0, 0.05) is 44.1 Å². The highest BCUT2D eigenvalue weighted by Gasteiger charge is 2.26. The van der Waals surface area contributed by atoms with Gasteiger partial charge in [-0.2, -0.15) is 0 Å². The molecule has 6 nitrogen and oxygen atoms in total. The smallest absolute Gasteiger partial charge is 0.227 e. The van der Waals surface area contributed by atoms with Crippen LogP contribution >= 0.6 is 0 Å². The molecule has 1 atom stereocenters. The molecule has 31 heavy (non-hydrogen) atoms. The lowest BCUT2D eigenvalue weighted by Crippen LogP contribution is -2.36. The lowest BCUT2D eigenvalue weighted by Gasteiger charge is -2.29. The average Bonchev–Trinajstić information content (AvgIpc) is 2.80. The van der Waals surface area contributed by atoms with Gasteiger partial charge in [0.1, 0.15) is 0 Å². The first-order valence-electron chi connectivity index (χ1n) is 11.1. The quantitative estimate of drug-likeness (QED) is 0.677. The van der Waals surface area contributed by atoms with E-state index in [1.807, 2.05) is 41.3 Å². The molecule has 3 amide bonds. The van der Waals surface area contributed by atoms with E-state index in [2.05, 4.69) is 22.8 Å². The number of carbonyl (C=O) groups excluding carboxylic acids is 3. The number of fused-ring (bicyclic) bond motifs is 2. The standard InChI is InChI=1S/C25H29N3O3/c29-23(12-11-20-16-19-7-3-4-9-22(19)27-25(20)31)26-14-5-10-24(30)28-15-13-18-6-1-2-8-21(18)17-28/h1-4,6-9,20H,5,10-17H2,(H,26,29)(H,27,31). The number of nitrogens with one attached hydrogen (secondary N) is 2. The van der Waals surface area contributed by atoms with Crippen LogP contribution in [0.4, 0.5) is 5.69 Å². The average molecular weight is 420 g/mol. The van der Waals surface area contributed by atoms with Gasteiger partial charge in [0.15, 0.2) is 0 Å². The van der Waals surface area contributed by atoms with Gasteiger partial charge in [-0.05, 0) is 48.4 Å². The lowest BCUT2D eigenvalue weighted by atomic mass is 9.89. The van der Waals surface area contributed by atoms with E-state index in [0.717, 1.165) is 24.2 Å². The predicted octanol–water partition coefficient (Wildman–Crippen LogP) is 3.06. The lowest BCUT2D eigenvalue weighted by molar-refractivity contribution is -0.132. The Labute approximate surface area is 183 Å². The summed E-state index contributed by atoms with van der Waals surface area (Å²) in [4.78, 5) is 38.8. The summed E-state index contributed by atoms with van der Waals surface area (Å²) in [5.41, 5.74) is 4.54. The van der Waals surface area contributed by atoms with Gasteiger partial charge in [0.2, 0.25) is 17.7 Å². The number of rotatable bonds is 7. The van der Waals surface area contributed by atoms with Crippen molar-refractivity contribution in [2.24, 2.45) is 5.92 Å². The molecule has 4 rings (SSSR count). The van der Waals surface area contributed by atoms with E-state index < -0.39 is 0 Å². The van der Waals surface area contributed by atoms with Gasteiger partial charge in [-0.15, -0.1) is 0 Å². The van der Waals surface area contributed by atoms with Crippen LogP contribution in [0.2, 0.25) is 0 Å². The molecule has 0 fully saturated rings. The van der Waals surface area contributed by atoms with Gasteiger partial charge in [-0.25, -0.2) is 0 Å². The molecule has 0 saturated heterocycles. The fraction of sp³-hybridized carbons (Fsp3) is 0.400. The highest BCUT2D eigenvalue weighted by atomic mass is 16.2. The van der Waals surface area contributed by atoms with Gasteiger partial charge in [0.05, 0.1) is 0 Å². The largest absolute Gasteiger partial charge is 0.356 e. The summed E-state index contributed by atoms with van der Waals surface area (Å²) in [6.07, 6.45) is 3.47. The van der Waals surface area contributed by atoms with Crippen molar-refractivity contribution in [2.75, 3.05) is 18.4 Å². The zero-order valence-corrected chi connectivity index (χ0v) is 17.7. The van der Waals surface area contributed by atoms with Gasteiger partial charge in [0.25, 0.3) is 0 Å². The Kier molecular flexibility index (Phi) is 6.65. The van der Waals surface area contributed by atoms with Crippen molar-refractivity contribution in [2.45, 2.75) is 45.1 Å². The van der Waals surface area contributed by atoms with E-state index in [9.17, 15) is 14.4 Å². The van der Waals surface area contributed by atoms with Crippen LogP contribution in [-0.2, 0) is 33.8 Å². The minimum atomic E-state index is -0.177. The third-order valence-electron chi connectivity index (χ3n) is 6.21. The third kappa shape index (κ3) is 5.32. The van der Waals surface area contributed by atoms with E-state index >= 15 is 0 Å². The Hall–Kier alpha value is -3.15. The molecule has 162 valence electrons. The topological polar surface area (TPSA) is 78.5 Å². The second-order valence-corrected chi connectivity index (χ2v) is 8.37. The molecule has 2 N–H and O–H groups in total. The van der Waals surface area contributed by atoms with Crippen LogP contribution in [0, 0.1) is 5.92 Å². The number of carbonyl (C=O) groups is 3. The van der Waals surface area contributed by atoms with Crippen LogP contribution in [-0.4, -0.2) is 35.7 Å². The molecule has 2 aromatic rings. The summed E-state index contributed by atoms with van der Waals surface area (Å²) >= 11 is 0. The van der Waals surface area contributed by atoms with E-state index in [1.54, 1.807) is 0 Å². The van der Waals surface area contributed by atoms with Gasteiger partial charge in [-0.1, -0.05) is 42.5 Å². The number of amides is 3. The number of nitrogens with zero attached hydrogens (tertiary/aromatic N) is 1. The van der Waals surface area contributed by atoms with Crippen molar-refractivity contribution >= 4 is 23.4 Å². The number of hydrogen-bond acceptors (Lipinski definition) is 3. The van der Waals surface area contributed by atoms with Crippen molar-refractivity contribution in [3.8, 4) is 0 Å². The van der Waals surface area contributed by atoms with Crippen LogP contribution < -0.4 is 10.6 Å². The molecule has 0 saturated carbocycles. The molecule has 0 spiro atoms. The zero-order chi connectivity index (χ0) is 21.6. The number of benzene rings is 2. The zero-order valence-electron chi connectivity index (χ0n) is 17.7. The number of hydrogen-bond donors (Lipinski definition) is 2. The molecule has 2 aromatic carbocycles. The highest BCUT2D eigenvalue weighted by molar-refractivity contribution is 5.96. The molecule has 2 aliphatic heterocycles. The first kappa shape index (κ1) is 21.1. The second kappa shape index (κ2) is 9.77. The van der Waals surface area contributed by atoms with Crippen LogP contribution in [0.3, 0.4) is 0 Å². The number of anilines is 1. The van der Waals surface area contributed by atoms with Crippen LogP contribution in [0.25, 0.3) is 0 Å². The Morgan fingerprint density at radius 1 is 1.00 bits per heavy atom. The maximum atomic E-state index is 12.5. The molecular weight excluding hydrogens is 390 g/mol. The maximum absolute atomic E-state index is 12.5. The number of para-hydroxylation sites is 1. The molecule has 2 heterocycles.